The highest BCUT2D eigenvalue weighted by molar-refractivity contribution is 6.00. The highest BCUT2D eigenvalue weighted by Gasteiger charge is 2.25. The minimum atomic E-state index is -0.0215. The van der Waals surface area contributed by atoms with Crippen LogP contribution in [0.25, 0.3) is 0 Å². The molecule has 0 atom stereocenters. The molecule has 1 saturated carbocycles. The van der Waals surface area contributed by atoms with Gasteiger partial charge in [-0.15, -0.1) is 0 Å². The van der Waals surface area contributed by atoms with E-state index >= 15 is 0 Å². The van der Waals surface area contributed by atoms with E-state index in [1.807, 2.05) is 19.1 Å². The van der Waals surface area contributed by atoms with Crippen molar-refractivity contribution in [1.29, 1.82) is 0 Å². The van der Waals surface area contributed by atoms with E-state index in [0.717, 1.165) is 30.3 Å². The summed E-state index contributed by atoms with van der Waals surface area (Å²) in [5.74, 6) is 0.759. The molecule has 1 aromatic carbocycles. The molecule has 0 aromatic heterocycles. The van der Waals surface area contributed by atoms with Crippen LogP contribution in [0.3, 0.4) is 0 Å². The lowest BCUT2D eigenvalue weighted by molar-refractivity contribution is 0.0956. The van der Waals surface area contributed by atoms with E-state index in [1.165, 1.54) is 12.8 Å². The molecule has 1 fully saturated rings. The van der Waals surface area contributed by atoms with E-state index in [0.29, 0.717) is 12.2 Å². The Morgan fingerprint density at radius 3 is 2.74 bits per heavy atom. The number of benzene rings is 1. The van der Waals surface area contributed by atoms with Crippen LogP contribution in [0.1, 0.15) is 37.0 Å². The average molecular weight is 261 g/mol. The lowest BCUT2D eigenvalue weighted by atomic mass is 10.1. The van der Waals surface area contributed by atoms with Crippen molar-refractivity contribution in [3.05, 3.63) is 23.8 Å². The van der Waals surface area contributed by atoms with Crippen LogP contribution in [0.5, 0.6) is 0 Å². The normalized spacial score (nSPS) is 14.2. The van der Waals surface area contributed by atoms with Crippen LogP contribution in [0.4, 0.5) is 11.4 Å². The molecule has 0 heterocycles. The van der Waals surface area contributed by atoms with Crippen molar-refractivity contribution in [1.82, 2.24) is 5.32 Å². The zero-order valence-corrected chi connectivity index (χ0v) is 11.8. The number of nitrogens with one attached hydrogen (secondary N) is 1. The van der Waals surface area contributed by atoms with Crippen LogP contribution >= 0.6 is 0 Å². The van der Waals surface area contributed by atoms with Crippen molar-refractivity contribution in [3.8, 4) is 0 Å². The number of hydrogen-bond acceptors (Lipinski definition) is 3. The van der Waals surface area contributed by atoms with Crippen molar-refractivity contribution in [3.63, 3.8) is 0 Å². The zero-order valence-electron chi connectivity index (χ0n) is 11.8. The van der Waals surface area contributed by atoms with Gasteiger partial charge in [0, 0.05) is 25.3 Å². The molecule has 1 amide bonds. The van der Waals surface area contributed by atoms with Crippen LogP contribution in [-0.2, 0) is 0 Å². The Morgan fingerprint density at radius 1 is 1.42 bits per heavy atom. The summed E-state index contributed by atoms with van der Waals surface area (Å²) >= 11 is 0. The van der Waals surface area contributed by atoms with Gasteiger partial charge in [-0.05, 0) is 50.8 Å². The topological polar surface area (TPSA) is 58.4 Å². The van der Waals surface area contributed by atoms with Gasteiger partial charge in [0.25, 0.3) is 5.91 Å². The van der Waals surface area contributed by atoms with E-state index in [9.17, 15) is 4.79 Å². The molecular weight excluding hydrogens is 238 g/mol. The third-order valence-corrected chi connectivity index (χ3v) is 3.50. The molecule has 1 aliphatic rings. The van der Waals surface area contributed by atoms with Gasteiger partial charge in [-0.25, -0.2) is 0 Å². The molecule has 4 nitrogen and oxygen atoms in total. The summed E-state index contributed by atoms with van der Waals surface area (Å²) in [6.07, 6.45) is 2.60. The summed E-state index contributed by atoms with van der Waals surface area (Å²) in [4.78, 5) is 14.4. The second kappa shape index (κ2) is 5.95. The third kappa shape index (κ3) is 3.40. The molecule has 104 valence electrons. The fourth-order valence-corrected chi connectivity index (χ4v) is 2.27. The number of rotatable bonds is 6. The first kappa shape index (κ1) is 13.7. The number of carbonyl (C=O) groups is 1. The number of hydrogen-bond donors (Lipinski definition) is 2. The van der Waals surface area contributed by atoms with Gasteiger partial charge in [-0.1, -0.05) is 0 Å². The summed E-state index contributed by atoms with van der Waals surface area (Å²) in [6.45, 7) is 6.60. The van der Waals surface area contributed by atoms with Crippen LogP contribution in [-0.4, -0.2) is 25.5 Å². The Hall–Kier alpha value is -1.71. The Morgan fingerprint density at radius 2 is 2.16 bits per heavy atom. The van der Waals surface area contributed by atoms with Crippen LogP contribution in [0.15, 0.2) is 18.2 Å². The van der Waals surface area contributed by atoms with Gasteiger partial charge in [0.2, 0.25) is 0 Å². The minimum absolute atomic E-state index is 0.0215. The summed E-state index contributed by atoms with van der Waals surface area (Å²) in [5.41, 5.74) is 8.27. The number of nitrogen functional groups attached to an aromatic ring is 1. The van der Waals surface area contributed by atoms with Crippen LogP contribution in [0.2, 0.25) is 0 Å². The van der Waals surface area contributed by atoms with Crippen LogP contribution in [0, 0.1) is 5.92 Å². The number of nitrogens with two attached hydrogens (primary N) is 1. The van der Waals surface area contributed by atoms with E-state index in [-0.39, 0.29) is 5.91 Å². The SMILES string of the molecule is CCNC(=O)c1ccc(N)cc1N(CC)CC1CC1. The lowest BCUT2D eigenvalue weighted by Gasteiger charge is -2.25. The van der Waals surface area contributed by atoms with Gasteiger partial charge in [0.05, 0.1) is 11.3 Å². The molecule has 4 heteroatoms. The largest absolute Gasteiger partial charge is 0.399 e. The number of nitrogens with zero attached hydrogens (tertiary/aromatic N) is 1. The predicted molar refractivity (Wildman–Crippen MR) is 79.5 cm³/mol. The Balaban J connectivity index is 2.28. The monoisotopic (exact) mass is 261 g/mol. The third-order valence-electron chi connectivity index (χ3n) is 3.50. The van der Waals surface area contributed by atoms with E-state index in [1.54, 1.807) is 6.07 Å². The second-order valence-electron chi connectivity index (χ2n) is 5.12. The lowest BCUT2D eigenvalue weighted by Crippen LogP contribution is -2.30. The van der Waals surface area contributed by atoms with Crippen molar-refractivity contribution in [2.75, 3.05) is 30.3 Å². The van der Waals surface area contributed by atoms with Gasteiger partial charge < -0.3 is 16.0 Å². The summed E-state index contributed by atoms with van der Waals surface area (Å²) in [7, 11) is 0. The maximum Gasteiger partial charge on any atom is 0.253 e. The zero-order chi connectivity index (χ0) is 13.8. The maximum absolute atomic E-state index is 12.1. The molecule has 0 spiro atoms. The van der Waals surface area contributed by atoms with Gasteiger partial charge >= 0.3 is 0 Å². The Labute approximate surface area is 115 Å². The van der Waals surface area contributed by atoms with Gasteiger partial charge in [0.1, 0.15) is 0 Å². The number of anilines is 2. The molecule has 2 rings (SSSR count). The molecule has 3 N–H and O–H groups in total. The van der Waals surface area contributed by atoms with Gasteiger partial charge in [-0.2, -0.15) is 0 Å². The van der Waals surface area contributed by atoms with Crippen molar-refractivity contribution in [2.45, 2.75) is 26.7 Å². The molecule has 0 unspecified atom stereocenters. The number of amides is 1. The standard InChI is InChI=1S/C15H23N3O/c1-3-17-15(19)13-8-7-12(16)9-14(13)18(4-2)10-11-5-6-11/h7-9,11H,3-6,10,16H2,1-2H3,(H,17,19). The van der Waals surface area contributed by atoms with E-state index in [2.05, 4.69) is 17.1 Å². The van der Waals surface area contributed by atoms with Gasteiger partial charge in [0.15, 0.2) is 0 Å². The highest BCUT2D eigenvalue weighted by atomic mass is 16.1. The molecule has 1 aromatic rings. The Bertz CT molecular complexity index is 455. The highest BCUT2D eigenvalue weighted by Crippen LogP contribution is 2.33. The average Bonchev–Trinajstić information content (AvgIpc) is 3.20. The van der Waals surface area contributed by atoms with Gasteiger partial charge in [-0.3, -0.25) is 4.79 Å². The maximum atomic E-state index is 12.1. The van der Waals surface area contributed by atoms with E-state index in [4.69, 9.17) is 5.73 Å². The second-order valence-corrected chi connectivity index (χ2v) is 5.12. The summed E-state index contributed by atoms with van der Waals surface area (Å²) in [6, 6.07) is 5.53. The fraction of sp³-hybridized carbons (Fsp3) is 0.533. The molecule has 19 heavy (non-hydrogen) atoms. The Kier molecular flexibility index (Phi) is 4.30. The smallest absolute Gasteiger partial charge is 0.253 e. The van der Waals surface area contributed by atoms with Crippen molar-refractivity contribution < 1.29 is 4.79 Å². The minimum Gasteiger partial charge on any atom is -0.399 e. The molecule has 0 aliphatic heterocycles. The first-order chi connectivity index (χ1) is 9.15. The predicted octanol–water partition coefficient (Wildman–Crippen LogP) is 2.25. The first-order valence-electron chi connectivity index (χ1n) is 7.08. The van der Waals surface area contributed by atoms with E-state index < -0.39 is 0 Å². The summed E-state index contributed by atoms with van der Waals surface area (Å²) < 4.78 is 0. The van der Waals surface area contributed by atoms with Crippen LogP contribution < -0.4 is 16.0 Å². The molecule has 1 aliphatic carbocycles. The first-order valence-corrected chi connectivity index (χ1v) is 7.08. The molecule has 0 bridgehead atoms. The van der Waals surface area contributed by atoms with Crippen molar-refractivity contribution >= 4 is 17.3 Å². The van der Waals surface area contributed by atoms with Crippen molar-refractivity contribution in [2.24, 2.45) is 5.92 Å². The number of carbonyl (C=O) groups excluding carboxylic acids is 1. The molecular formula is C15H23N3O. The fourth-order valence-electron chi connectivity index (χ4n) is 2.27. The quantitative estimate of drug-likeness (QED) is 0.772. The summed E-state index contributed by atoms with van der Waals surface area (Å²) in [5, 5.41) is 2.86. The molecule has 0 radical (unpaired) electrons. The molecule has 0 saturated heterocycles.